The van der Waals surface area contributed by atoms with Gasteiger partial charge in [0.15, 0.2) is 0 Å². The molecule has 32 heavy (non-hydrogen) atoms. The molecule has 1 unspecified atom stereocenters. The van der Waals surface area contributed by atoms with Crippen molar-refractivity contribution in [2.24, 2.45) is 0 Å². The second-order valence-corrected chi connectivity index (χ2v) is 7.70. The highest BCUT2D eigenvalue weighted by Crippen LogP contribution is 2.45. The van der Waals surface area contributed by atoms with Crippen molar-refractivity contribution in [3.63, 3.8) is 0 Å². The van der Waals surface area contributed by atoms with E-state index in [0.717, 1.165) is 0 Å². The van der Waals surface area contributed by atoms with E-state index in [1.807, 2.05) is 0 Å². The molecule has 2 aromatic carbocycles. The summed E-state index contributed by atoms with van der Waals surface area (Å²) in [6.07, 6.45) is 1.42. The molecule has 0 aliphatic carbocycles. The number of Topliss-reactive ketones (excluding diaryl/α,β-unsaturated/α-hetero) is 1. The van der Waals surface area contributed by atoms with Gasteiger partial charge in [-0.2, -0.15) is 0 Å². The van der Waals surface area contributed by atoms with Gasteiger partial charge in [-0.1, -0.05) is 29.3 Å². The van der Waals surface area contributed by atoms with Gasteiger partial charge >= 0.3 is 0 Å². The number of anilines is 1. The lowest BCUT2D eigenvalue weighted by molar-refractivity contribution is -0.132. The second-order valence-electron chi connectivity index (χ2n) is 6.85. The summed E-state index contributed by atoms with van der Waals surface area (Å²) < 4.78 is 16.1. The summed E-state index contributed by atoms with van der Waals surface area (Å²) in [6, 6.07) is 11.6. The van der Waals surface area contributed by atoms with Gasteiger partial charge in [0.1, 0.15) is 29.1 Å². The van der Waals surface area contributed by atoms with Crippen LogP contribution in [0.1, 0.15) is 17.4 Å². The van der Waals surface area contributed by atoms with Crippen LogP contribution >= 0.6 is 23.2 Å². The number of carbonyl (C=O) groups excluding carboxylic acids is 2. The van der Waals surface area contributed by atoms with E-state index in [9.17, 15) is 14.7 Å². The summed E-state index contributed by atoms with van der Waals surface area (Å²) in [6.45, 7) is 0. The van der Waals surface area contributed by atoms with Crippen molar-refractivity contribution in [3.05, 3.63) is 81.7 Å². The molecule has 1 fully saturated rings. The average molecular weight is 474 g/mol. The molecule has 1 aliphatic rings. The highest BCUT2D eigenvalue weighted by molar-refractivity contribution is 6.51. The first-order valence-corrected chi connectivity index (χ1v) is 10.1. The number of hydrogen-bond acceptors (Lipinski definition) is 6. The topological polar surface area (TPSA) is 89.2 Å². The van der Waals surface area contributed by atoms with Crippen LogP contribution in [0.5, 0.6) is 11.5 Å². The monoisotopic (exact) mass is 473 g/mol. The van der Waals surface area contributed by atoms with E-state index in [4.69, 9.17) is 37.1 Å². The number of benzene rings is 2. The number of nitrogens with zero attached hydrogens (tertiary/aromatic N) is 1. The number of ether oxygens (including phenoxy) is 2. The lowest BCUT2D eigenvalue weighted by Crippen LogP contribution is -2.29. The molecule has 0 saturated carbocycles. The molecule has 0 spiro atoms. The number of carbonyl (C=O) groups is 2. The number of methoxy groups -OCH3 is 2. The largest absolute Gasteiger partial charge is 0.507 e. The van der Waals surface area contributed by atoms with Crippen molar-refractivity contribution in [2.75, 3.05) is 19.1 Å². The quantitative estimate of drug-likeness (QED) is 0.310. The van der Waals surface area contributed by atoms with Crippen molar-refractivity contribution < 1.29 is 28.6 Å². The molecule has 1 N–H and O–H groups in total. The fourth-order valence-electron chi connectivity index (χ4n) is 3.63. The van der Waals surface area contributed by atoms with E-state index in [1.165, 1.54) is 37.5 Å². The summed E-state index contributed by atoms with van der Waals surface area (Å²) in [5, 5.41) is 11.9. The minimum absolute atomic E-state index is 0.134. The van der Waals surface area contributed by atoms with Crippen LogP contribution in [0.15, 0.2) is 64.8 Å². The number of rotatable bonds is 5. The van der Waals surface area contributed by atoms with Gasteiger partial charge < -0.3 is 19.0 Å². The molecule has 0 bridgehead atoms. The van der Waals surface area contributed by atoms with E-state index in [1.54, 1.807) is 36.4 Å². The summed E-state index contributed by atoms with van der Waals surface area (Å²) >= 11 is 12.3. The predicted molar refractivity (Wildman–Crippen MR) is 119 cm³/mol. The van der Waals surface area contributed by atoms with Crippen LogP contribution in [-0.2, 0) is 9.59 Å². The Balaban J connectivity index is 1.98. The van der Waals surface area contributed by atoms with E-state index in [-0.39, 0.29) is 33.4 Å². The van der Waals surface area contributed by atoms with Crippen molar-refractivity contribution in [1.29, 1.82) is 0 Å². The van der Waals surface area contributed by atoms with Gasteiger partial charge in [0.2, 0.25) is 0 Å². The number of aliphatic hydroxyl groups is 1. The minimum atomic E-state index is -1.03. The van der Waals surface area contributed by atoms with E-state index >= 15 is 0 Å². The Morgan fingerprint density at radius 2 is 1.78 bits per heavy atom. The zero-order valence-electron chi connectivity index (χ0n) is 17.0. The van der Waals surface area contributed by atoms with Gasteiger partial charge in [-0.25, -0.2) is 0 Å². The molecule has 1 aromatic heterocycles. The normalized spacial score (nSPS) is 17.6. The van der Waals surface area contributed by atoms with E-state index < -0.39 is 23.5 Å². The molecule has 7 nitrogen and oxygen atoms in total. The van der Waals surface area contributed by atoms with Crippen LogP contribution in [0.4, 0.5) is 5.69 Å². The SMILES string of the molecule is COc1cc(/C(O)=C2\C(=O)C(=O)N(c3cccc(Cl)c3)C2c2ccco2)c(OC)cc1Cl. The number of halogens is 2. The highest BCUT2D eigenvalue weighted by Gasteiger charge is 2.48. The van der Waals surface area contributed by atoms with Gasteiger partial charge in [-0.3, -0.25) is 14.5 Å². The summed E-state index contributed by atoms with van der Waals surface area (Å²) in [5.41, 5.74) is 0.336. The lowest BCUT2D eigenvalue weighted by Gasteiger charge is -2.23. The molecule has 1 saturated heterocycles. The third-order valence-corrected chi connectivity index (χ3v) is 5.60. The average Bonchev–Trinajstić information content (AvgIpc) is 3.40. The van der Waals surface area contributed by atoms with Crippen LogP contribution in [0, 0.1) is 0 Å². The third kappa shape index (κ3) is 3.59. The van der Waals surface area contributed by atoms with Gasteiger partial charge in [-0.15, -0.1) is 0 Å². The molecule has 2 heterocycles. The maximum atomic E-state index is 13.1. The molecule has 164 valence electrons. The number of amides is 1. The van der Waals surface area contributed by atoms with Gasteiger partial charge in [-0.05, 0) is 36.4 Å². The first-order chi connectivity index (χ1) is 15.4. The number of ketones is 1. The van der Waals surface area contributed by atoms with Crippen molar-refractivity contribution in [1.82, 2.24) is 0 Å². The summed E-state index contributed by atoms with van der Waals surface area (Å²) in [7, 11) is 2.81. The lowest BCUT2D eigenvalue weighted by atomic mass is 9.98. The second kappa shape index (κ2) is 8.61. The van der Waals surface area contributed by atoms with Crippen molar-refractivity contribution >= 4 is 46.3 Å². The number of furan rings is 1. The summed E-state index contributed by atoms with van der Waals surface area (Å²) in [4.78, 5) is 27.4. The predicted octanol–water partition coefficient (Wildman–Crippen LogP) is 5.23. The molecule has 3 aromatic rings. The zero-order chi connectivity index (χ0) is 23.0. The van der Waals surface area contributed by atoms with Crippen LogP contribution < -0.4 is 14.4 Å². The maximum Gasteiger partial charge on any atom is 0.300 e. The van der Waals surface area contributed by atoms with E-state index in [0.29, 0.717) is 10.7 Å². The van der Waals surface area contributed by atoms with Gasteiger partial charge in [0.05, 0.1) is 36.6 Å². The smallest absolute Gasteiger partial charge is 0.300 e. The Bertz CT molecular complexity index is 1240. The Hall–Kier alpha value is -3.42. The molecular weight excluding hydrogens is 457 g/mol. The molecule has 1 amide bonds. The van der Waals surface area contributed by atoms with Crippen molar-refractivity contribution in [3.8, 4) is 11.5 Å². The third-order valence-electron chi connectivity index (χ3n) is 5.07. The van der Waals surface area contributed by atoms with Crippen LogP contribution in [0.25, 0.3) is 5.76 Å². The minimum Gasteiger partial charge on any atom is -0.507 e. The number of aliphatic hydroxyl groups excluding tert-OH is 1. The van der Waals surface area contributed by atoms with Gasteiger partial charge in [0.25, 0.3) is 11.7 Å². The fraction of sp³-hybridized carbons (Fsp3) is 0.130. The van der Waals surface area contributed by atoms with E-state index in [2.05, 4.69) is 0 Å². The number of hydrogen-bond donors (Lipinski definition) is 1. The molecule has 9 heteroatoms. The maximum absolute atomic E-state index is 13.1. The Morgan fingerprint density at radius 3 is 2.41 bits per heavy atom. The van der Waals surface area contributed by atoms with Crippen LogP contribution in [-0.4, -0.2) is 31.0 Å². The first kappa shape index (κ1) is 21.8. The standard InChI is InChI=1S/C23H17Cl2NO6/c1-30-17-11-15(25)18(31-2)10-14(17)21(27)19-20(16-7-4-8-32-16)26(23(29)22(19)28)13-6-3-5-12(24)9-13/h3-11,20,27H,1-2H3/b21-19+. The molecule has 1 atom stereocenters. The Morgan fingerprint density at radius 1 is 1.03 bits per heavy atom. The molecule has 4 rings (SSSR count). The molecular formula is C23H17Cl2NO6. The summed E-state index contributed by atoms with van der Waals surface area (Å²) in [5.74, 6) is -1.45. The first-order valence-electron chi connectivity index (χ1n) is 9.39. The Labute approximate surface area is 193 Å². The fourth-order valence-corrected chi connectivity index (χ4v) is 4.05. The Kier molecular flexibility index (Phi) is 5.86. The van der Waals surface area contributed by atoms with Crippen LogP contribution in [0.2, 0.25) is 10.0 Å². The zero-order valence-corrected chi connectivity index (χ0v) is 18.5. The molecule has 0 radical (unpaired) electrons. The van der Waals surface area contributed by atoms with Crippen molar-refractivity contribution in [2.45, 2.75) is 6.04 Å². The highest BCUT2D eigenvalue weighted by atomic mass is 35.5. The van der Waals surface area contributed by atoms with Crippen LogP contribution in [0.3, 0.4) is 0 Å². The van der Waals surface area contributed by atoms with Gasteiger partial charge in [0, 0.05) is 16.8 Å². The molecule has 1 aliphatic heterocycles.